The van der Waals surface area contributed by atoms with Gasteiger partial charge in [-0.2, -0.15) is 0 Å². The largest absolute Gasteiger partial charge is 0.392 e. The summed E-state index contributed by atoms with van der Waals surface area (Å²) in [7, 11) is 0. The fraction of sp³-hybridized carbons (Fsp3) is 0.516. The summed E-state index contributed by atoms with van der Waals surface area (Å²) in [5, 5.41) is 20.9. The van der Waals surface area contributed by atoms with E-state index >= 15 is 0 Å². The Hall–Kier alpha value is -2.63. The number of hydrogen-bond donors (Lipinski definition) is 2. The van der Waals surface area contributed by atoms with Crippen LogP contribution < -0.4 is 0 Å². The number of ketones is 1. The zero-order chi connectivity index (χ0) is 24.9. The highest BCUT2D eigenvalue weighted by Crippen LogP contribution is 2.65. The van der Waals surface area contributed by atoms with Gasteiger partial charge in [0.05, 0.1) is 12.2 Å². The van der Waals surface area contributed by atoms with Crippen LogP contribution in [0.5, 0.6) is 0 Å². The summed E-state index contributed by atoms with van der Waals surface area (Å²) in [6.07, 6.45) is 17.7. The highest BCUT2D eigenvalue weighted by atomic mass is 16.3. The van der Waals surface area contributed by atoms with Crippen molar-refractivity contribution in [1.82, 2.24) is 9.97 Å². The fourth-order valence-corrected chi connectivity index (χ4v) is 8.41. The third-order valence-electron chi connectivity index (χ3n) is 10.3. The lowest BCUT2D eigenvalue weighted by Crippen LogP contribution is -2.52. The summed E-state index contributed by atoms with van der Waals surface area (Å²) < 4.78 is 0. The molecule has 0 spiro atoms. The van der Waals surface area contributed by atoms with Crippen molar-refractivity contribution in [2.75, 3.05) is 6.61 Å². The standard InChI is InChI=1S/C31H36N2O3/c1-30-12-9-24-25(28(30)10-13-31(30,36)11-2-14-34)8-7-22-15-29(35)27(16-26(22)24)21-5-3-20(4-6-21)23-17-32-19-33-18-23/h2-6,11,15,17-19,24-28,34,36H,7-10,12-14,16H2,1H3/b11-2-/t24-,25+,26-,27?,28-,30-,31-/m0/s1. The summed E-state index contributed by atoms with van der Waals surface area (Å²) in [6.45, 7) is 2.25. The molecule has 0 bridgehead atoms. The Morgan fingerprint density at radius 3 is 2.56 bits per heavy atom. The minimum atomic E-state index is -0.821. The molecule has 5 heteroatoms. The van der Waals surface area contributed by atoms with Gasteiger partial charge in [-0.25, -0.2) is 9.97 Å². The first-order valence-corrected chi connectivity index (χ1v) is 13.5. The lowest BCUT2D eigenvalue weighted by Gasteiger charge is -2.55. The van der Waals surface area contributed by atoms with Gasteiger partial charge >= 0.3 is 0 Å². The number of rotatable bonds is 4. The Kier molecular flexibility index (Phi) is 5.96. The normalized spacial score (nSPS) is 37.8. The first-order chi connectivity index (χ1) is 17.4. The number of allylic oxidation sites excluding steroid dienone is 1. The summed E-state index contributed by atoms with van der Waals surface area (Å²) in [4.78, 5) is 21.5. The van der Waals surface area contributed by atoms with Gasteiger partial charge in [0.1, 0.15) is 6.33 Å². The van der Waals surface area contributed by atoms with Gasteiger partial charge in [-0.05, 0) is 85.8 Å². The van der Waals surface area contributed by atoms with Gasteiger partial charge in [-0.3, -0.25) is 4.79 Å². The lowest BCUT2D eigenvalue weighted by atomic mass is 9.50. The number of carbonyl (C=O) groups excluding carboxylic acids is 1. The van der Waals surface area contributed by atoms with Gasteiger partial charge in [0.2, 0.25) is 0 Å². The van der Waals surface area contributed by atoms with Crippen LogP contribution in [-0.4, -0.2) is 38.2 Å². The van der Waals surface area contributed by atoms with Crippen molar-refractivity contribution < 1.29 is 15.0 Å². The Bertz CT molecular complexity index is 1190. The molecule has 188 valence electrons. The third-order valence-corrected chi connectivity index (χ3v) is 10.3. The topological polar surface area (TPSA) is 83.3 Å². The molecule has 0 amide bonds. The SMILES string of the molecule is C[C@]12CC[C@H]3[C@@H](CCC4=CC(=O)C(c5ccc(-c6cncnc6)cc5)C[C@@H]43)[C@@H]1CC[C@@]2(O)/C=C\CO. The number of aliphatic hydroxyl groups excluding tert-OH is 1. The molecule has 0 saturated heterocycles. The zero-order valence-corrected chi connectivity index (χ0v) is 21.0. The Balaban J connectivity index is 1.24. The van der Waals surface area contributed by atoms with Gasteiger partial charge in [0.25, 0.3) is 0 Å². The van der Waals surface area contributed by atoms with E-state index in [9.17, 15) is 15.0 Å². The number of benzene rings is 1. The maximum atomic E-state index is 13.2. The van der Waals surface area contributed by atoms with E-state index in [0.717, 1.165) is 61.6 Å². The molecule has 3 saturated carbocycles. The van der Waals surface area contributed by atoms with E-state index in [1.54, 1.807) is 6.08 Å². The van der Waals surface area contributed by atoms with E-state index in [0.29, 0.717) is 23.7 Å². The molecule has 2 N–H and O–H groups in total. The van der Waals surface area contributed by atoms with Crippen LogP contribution in [0.2, 0.25) is 0 Å². The minimum absolute atomic E-state index is 0.0269. The predicted octanol–water partition coefficient (Wildman–Crippen LogP) is 5.26. The van der Waals surface area contributed by atoms with E-state index in [-0.39, 0.29) is 23.7 Å². The average Bonchev–Trinajstić information content (AvgIpc) is 3.18. The summed E-state index contributed by atoms with van der Waals surface area (Å²) in [5.74, 6) is 2.30. The van der Waals surface area contributed by atoms with Gasteiger partial charge in [0, 0.05) is 29.3 Å². The quantitative estimate of drug-likeness (QED) is 0.579. The number of nitrogens with zero attached hydrogens (tertiary/aromatic N) is 2. The van der Waals surface area contributed by atoms with E-state index in [1.807, 2.05) is 24.5 Å². The molecule has 4 aliphatic rings. The smallest absolute Gasteiger partial charge is 0.163 e. The average molecular weight is 485 g/mol. The van der Waals surface area contributed by atoms with Crippen molar-refractivity contribution in [3.8, 4) is 11.1 Å². The molecule has 3 fully saturated rings. The zero-order valence-electron chi connectivity index (χ0n) is 21.0. The third kappa shape index (κ3) is 3.71. The molecular formula is C31H36N2O3. The predicted molar refractivity (Wildman–Crippen MR) is 139 cm³/mol. The number of aliphatic hydroxyl groups is 2. The van der Waals surface area contributed by atoms with Crippen molar-refractivity contribution >= 4 is 5.78 Å². The minimum Gasteiger partial charge on any atom is -0.392 e. The Morgan fingerprint density at radius 2 is 1.81 bits per heavy atom. The van der Waals surface area contributed by atoms with Crippen LogP contribution in [0, 0.1) is 29.1 Å². The molecule has 1 aromatic heterocycles. The van der Waals surface area contributed by atoms with Crippen molar-refractivity contribution in [3.63, 3.8) is 0 Å². The summed E-state index contributed by atoms with van der Waals surface area (Å²) >= 11 is 0. The molecule has 0 radical (unpaired) electrons. The van der Waals surface area contributed by atoms with E-state index in [2.05, 4.69) is 41.2 Å². The molecule has 7 atom stereocenters. The number of hydrogen-bond acceptors (Lipinski definition) is 5. The first-order valence-electron chi connectivity index (χ1n) is 13.5. The van der Waals surface area contributed by atoms with Gasteiger partial charge in [-0.15, -0.1) is 0 Å². The van der Waals surface area contributed by atoms with E-state index < -0.39 is 5.60 Å². The van der Waals surface area contributed by atoms with Crippen molar-refractivity contribution in [1.29, 1.82) is 0 Å². The number of aromatic nitrogens is 2. The monoisotopic (exact) mass is 484 g/mol. The van der Waals surface area contributed by atoms with Crippen molar-refractivity contribution in [2.45, 2.75) is 63.4 Å². The molecule has 1 unspecified atom stereocenters. The fourth-order valence-electron chi connectivity index (χ4n) is 8.41. The van der Waals surface area contributed by atoms with Crippen molar-refractivity contribution in [2.24, 2.45) is 29.1 Å². The van der Waals surface area contributed by atoms with Gasteiger partial charge in [-0.1, -0.05) is 48.9 Å². The van der Waals surface area contributed by atoms with Crippen LogP contribution in [0.25, 0.3) is 11.1 Å². The lowest BCUT2D eigenvalue weighted by molar-refractivity contribution is -0.118. The molecule has 4 aliphatic carbocycles. The summed E-state index contributed by atoms with van der Waals surface area (Å²) in [5.41, 5.74) is 3.55. The van der Waals surface area contributed by atoms with Crippen LogP contribution >= 0.6 is 0 Å². The van der Waals surface area contributed by atoms with E-state index in [1.165, 1.54) is 11.9 Å². The van der Waals surface area contributed by atoms with Gasteiger partial charge in [0.15, 0.2) is 5.78 Å². The van der Waals surface area contributed by atoms with Crippen LogP contribution in [0.3, 0.4) is 0 Å². The van der Waals surface area contributed by atoms with Crippen LogP contribution in [0.15, 0.2) is 66.8 Å². The second-order valence-corrected chi connectivity index (χ2v) is 11.7. The van der Waals surface area contributed by atoms with Crippen molar-refractivity contribution in [3.05, 3.63) is 72.4 Å². The maximum absolute atomic E-state index is 13.2. The second-order valence-electron chi connectivity index (χ2n) is 11.7. The highest BCUT2D eigenvalue weighted by molar-refractivity contribution is 5.97. The number of carbonyl (C=O) groups is 1. The van der Waals surface area contributed by atoms with Gasteiger partial charge < -0.3 is 10.2 Å². The summed E-state index contributed by atoms with van der Waals surface area (Å²) in [6, 6.07) is 8.37. The molecule has 36 heavy (non-hydrogen) atoms. The molecular weight excluding hydrogens is 448 g/mol. The maximum Gasteiger partial charge on any atom is 0.163 e. The van der Waals surface area contributed by atoms with Crippen LogP contribution in [0.1, 0.15) is 63.4 Å². The number of fused-ring (bicyclic) bond motifs is 5. The first kappa shape index (κ1) is 23.7. The van der Waals surface area contributed by atoms with E-state index in [4.69, 9.17) is 0 Å². The second kappa shape index (κ2) is 9.04. The molecule has 1 heterocycles. The molecule has 5 nitrogen and oxygen atoms in total. The highest BCUT2D eigenvalue weighted by Gasteiger charge is 2.61. The Labute approximate surface area is 213 Å². The Morgan fingerprint density at radius 1 is 1.03 bits per heavy atom. The van der Waals surface area contributed by atoms with Crippen LogP contribution in [-0.2, 0) is 4.79 Å². The van der Waals surface area contributed by atoms with Crippen LogP contribution in [0.4, 0.5) is 0 Å². The molecule has 1 aromatic carbocycles. The molecule has 2 aromatic rings. The molecule has 6 rings (SSSR count). The molecule has 0 aliphatic heterocycles.